The van der Waals surface area contributed by atoms with E-state index in [4.69, 9.17) is 4.74 Å². The van der Waals surface area contributed by atoms with Gasteiger partial charge in [-0.05, 0) is 57.6 Å². The number of likely N-dealkylation sites (N-methyl/N-ethyl adjacent to an activating group) is 1. The Morgan fingerprint density at radius 1 is 1.03 bits per heavy atom. The van der Waals surface area contributed by atoms with Crippen molar-refractivity contribution in [3.05, 3.63) is 99.8 Å². The van der Waals surface area contributed by atoms with E-state index >= 15 is 0 Å². The number of benzene rings is 3. The molecule has 0 aliphatic rings. The second-order valence-corrected chi connectivity index (χ2v) is 10.8. The molecule has 0 bridgehead atoms. The predicted molar refractivity (Wildman–Crippen MR) is 148 cm³/mol. The van der Waals surface area contributed by atoms with Gasteiger partial charge in [0.2, 0.25) is 5.91 Å². The van der Waals surface area contributed by atoms with E-state index in [9.17, 15) is 14.0 Å². The number of hydrogen-bond acceptors (Lipinski definition) is 3. The minimum atomic E-state index is -0.843. The summed E-state index contributed by atoms with van der Waals surface area (Å²) < 4.78 is 21.2. The molecule has 0 aliphatic heterocycles. The van der Waals surface area contributed by atoms with Crippen LogP contribution in [0.2, 0.25) is 0 Å². The van der Waals surface area contributed by atoms with E-state index in [-0.39, 0.29) is 30.9 Å². The molecule has 1 N–H and O–H groups in total. The Balaban J connectivity index is 1.90. The van der Waals surface area contributed by atoms with Crippen LogP contribution in [0.1, 0.15) is 44.4 Å². The molecule has 0 spiro atoms. The zero-order valence-corrected chi connectivity index (χ0v) is 23.3. The Labute approximate surface area is 227 Å². The molecular weight excluding hydrogens is 535 g/mol. The number of carbonyl (C=O) groups excluding carboxylic acids is 2. The molecule has 0 unspecified atom stereocenters. The fourth-order valence-electron chi connectivity index (χ4n) is 3.96. The molecule has 3 aromatic rings. The quantitative estimate of drug-likeness (QED) is 0.324. The summed E-state index contributed by atoms with van der Waals surface area (Å²) in [5.41, 5.74) is 2.31. The van der Waals surface area contributed by atoms with Crippen molar-refractivity contribution in [2.75, 3.05) is 13.2 Å². The van der Waals surface area contributed by atoms with Crippen molar-refractivity contribution < 1.29 is 18.7 Å². The zero-order chi connectivity index (χ0) is 27.0. The standard InChI is InChI=1S/C30H34BrFN2O3/c1-5-33-29(36)26(17-21-11-7-6-8-12-21)34(19-22-13-9-10-14-25(22)32)28(35)20-37-27-16-15-23(18-24(27)31)30(2,3)4/h6-16,18,26H,5,17,19-20H2,1-4H3,(H,33,36)/t26-/m1/s1. The summed E-state index contributed by atoms with van der Waals surface area (Å²) in [5.74, 6) is -0.630. The van der Waals surface area contributed by atoms with E-state index in [0.29, 0.717) is 17.9 Å². The molecule has 0 saturated heterocycles. The third-order valence-electron chi connectivity index (χ3n) is 6.07. The maximum atomic E-state index is 14.6. The molecule has 0 saturated carbocycles. The van der Waals surface area contributed by atoms with Gasteiger partial charge in [0.15, 0.2) is 6.61 Å². The summed E-state index contributed by atoms with van der Waals surface area (Å²) in [7, 11) is 0. The van der Waals surface area contributed by atoms with Gasteiger partial charge in [-0.15, -0.1) is 0 Å². The zero-order valence-electron chi connectivity index (χ0n) is 21.8. The number of rotatable bonds is 10. The van der Waals surface area contributed by atoms with E-state index in [1.165, 1.54) is 11.0 Å². The molecule has 1 atom stereocenters. The van der Waals surface area contributed by atoms with Crippen molar-refractivity contribution >= 4 is 27.7 Å². The van der Waals surface area contributed by atoms with Crippen LogP contribution >= 0.6 is 15.9 Å². The lowest BCUT2D eigenvalue weighted by atomic mass is 9.87. The topological polar surface area (TPSA) is 58.6 Å². The van der Waals surface area contributed by atoms with Crippen LogP contribution < -0.4 is 10.1 Å². The molecule has 37 heavy (non-hydrogen) atoms. The minimum absolute atomic E-state index is 0.0370. The highest BCUT2D eigenvalue weighted by molar-refractivity contribution is 9.10. The molecule has 0 fully saturated rings. The van der Waals surface area contributed by atoms with Crippen LogP contribution in [0.4, 0.5) is 4.39 Å². The molecule has 0 aliphatic carbocycles. The summed E-state index contributed by atoms with van der Waals surface area (Å²) >= 11 is 3.54. The van der Waals surface area contributed by atoms with E-state index < -0.39 is 17.8 Å². The van der Waals surface area contributed by atoms with E-state index in [1.54, 1.807) is 18.2 Å². The van der Waals surface area contributed by atoms with Crippen LogP contribution in [0.15, 0.2) is 77.3 Å². The molecule has 0 heterocycles. The van der Waals surface area contributed by atoms with E-state index in [0.717, 1.165) is 15.6 Å². The number of carbonyl (C=O) groups is 2. The lowest BCUT2D eigenvalue weighted by molar-refractivity contribution is -0.142. The summed E-state index contributed by atoms with van der Waals surface area (Å²) in [6.45, 7) is 8.23. The second kappa shape index (κ2) is 12.9. The SMILES string of the molecule is CCNC(=O)[C@@H](Cc1ccccc1)N(Cc1ccccc1F)C(=O)COc1ccc(C(C)(C)C)cc1Br. The molecule has 3 rings (SSSR count). The molecule has 3 aromatic carbocycles. The van der Waals surface area contributed by atoms with Crippen LogP contribution in [0.3, 0.4) is 0 Å². The van der Waals surface area contributed by atoms with Gasteiger partial charge in [-0.25, -0.2) is 4.39 Å². The maximum absolute atomic E-state index is 14.6. The highest BCUT2D eigenvalue weighted by Gasteiger charge is 2.31. The number of amides is 2. The summed E-state index contributed by atoms with van der Waals surface area (Å²) in [6, 6.07) is 20.7. The Kier molecular flexibility index (Phi) is 9.86. The number of nitrogens with zero attached hydrogens (tertiary/aromatic N) is 1. The predicted octanol–water partition coefficient (Wildman–Crippen LogP) is 6.04. The van der Waals surface area contributed by atoms with Crippen molar-refractivity contribution in [2.24, 2.45) is 0 Å². The van der Waals surface area contributed by atoms with Crippen LogP contribution in [-0.2, 0) is 28.0 Å². The largest absolute Gasteiger partial charge is 0.483 e. The Hall–Kier alpha value is -3.19. The monoisotopic (exact) mass is 568 g/mol. The van der Waals surface area contributed by atoms with Gasteiger partial charge in [-0.1, -0.05) is 75.4 Å². The summed E-state index contributed by atoms with van der Waals surface area (Å²) in [6.07, 6.45) is 0.289. The van der Waals surface area contributed by atoms with Crippen molar-refractivity contribution in [3.63, 3.8) is 0 Å². The first-order valence-corrected chi connectivity index (χ1v) is 13.2. The number of halogens is 2. The normalized spacial score (nSPS) is 12.1. The van der Waals surface area contributed by atoms with Gasteiger partial charge >= 0.3 is 0 Å². The van der Waals surface area contributed by atoms with Gasteiger partial charge < -0.3 is 15.0 Å². The number of ether oxygens (including phenoxy) is 1. The molecule has 2 amide bonds. The van der Waals surface area contributed by atoms with Crippen molar-refractivity contribution in [1.82, 2.24) is 10.2 Å². The Morgan fingerprint density at radius 2 is 1.70 bits per heavy atom. The summed E-state index contributed by atoms with van der Waals surface area (Å²) in [4.78, 5) is 28.2. The van der Waals surface area contributed by atoms with Crippen LogP contribution in [0.25, 0.3) is 0 Å². The van der Waals surface area contributed by atoms with Crippen molar-refractivity contribution in [3.8, 4) is 5.75 Å². The van der Waals surface area contributed by atoms with Crippen LogP contribution in [0.5, 0.6) is 5.75 Å². The Morgan fingerprint density at radius 3 is 2.32 bits per heavy atom. The molecule has 196 valence electrons. The van der Waals surface area contributed by atoms with E-state index in [1.807, 2.05) is 55.5 Å². The van der Waals surface area contributed by atoms with Crippen molar-refractivity contribution in [2.45, 2.75) is 52.1 Å². The van der Waals surface area contributed by atoms with Gasteiger partial charge in [0.25, 0.3) is 5.91 Å². The van der Waals surface area contributed by atoms with Gasteiger partial charge in [-0.2, -0.15) is 0 Å². The average Bonchev–Trinajstić information content (AvgIpc) is 2.86. The minimum Gasteiger partial charge on any atom is -0.483 e. The molecule has 7 heteroatoms. The van der Waals surface area contributed by atoms with Gasteiger partial charge in [0, 0.05) is 25.1 Å². The summed E-state index contributed by atoms with van der Waals surface area (Å²) in [5, 5.41) is 2.83. The molecule has 5 nitrogen and oxygen atoms in total. The Bertz CT molecular complexity index is 1210. The van der Waals surface area contributed by atoms with Crippen molar-refractivity contribution in [1.29, 1.82) is 0 Å². The van der Waals surface area contributed by atoms with Gasteiger partial charge in [0.05, 0.1) is 4.47 Å². The van der Waals surface area contributed by atoms with Crippen LogP contribution in [-0.4, -0.2) is 35.9 Å². The lowest BCUT2D eigenvalue weighted by Crippen LogP contribution is -2.51. The number of nitrogens with one attached hydrogen (secondary N) is 1. The first kappa shape index (κ1) is 28.4. The lowest BCUT2D eigenvalue weighted by Gasteiger charge is -2.31. The fraction of sp³-hybridized carbons (Fsp3) is 0.333. The van der Waals surface area contributed by atoms with Crippen LogP contribution in [0, 0.1) is 5.82 Å². The van der Waals surface area contributed by atoms with E-state index in [2.05, 4.69) is 42.0 Å². The van der Waals surface area contributed by atoms with Gasteiger partial charge in [-0.3, -0.25) is 9.59 Å². The highest BCUT2D eigenvalue weighted by Crippen LogP contribution is 2.31. The second-order valence-electron chi connectivity index (χ2n) is 9.90. The maximum Gasteiger partial charge on any atom is 0.261 e. The third kappa shape index (κ3) is 7.89. The molecule has 0 aromatic heterocycles. The first-order chi connectivity index (χ1) is 17.6. The average molecular weight is 570 g/mol. The highest BCUT2D eigenvalue weighted by atomic mass is 79.9. The molecule has 0 radical (unpaired) electrons. The first-order valence-electron chi connectivity index (χ1n) is 12.4. The smallest absolute Gasteiger partial charge is 0.261 e. The molecular formula is C30H34BrFN2O3. The van der Waals surface area contributed by atoms with Gasteiger partial charge in [0.1, 0.15) is 17.6 Å². The fourth-order valence-corrected chi connectivity index (χ4v) is 4.46. The number of hydrogen-bond donors (Lipinski definition) is 1. The third-order valence-corrected chi connectivity index (χ3v) is 6.69.